The van der Waals surface area contributed by atoms with Crippen molar-refractivity contribution in [3.63, 3.8) is 0 Å². The standard InChI is InChI=1S/C8H11ClN2O/c9-7-5-11(6-10-7)8-3-1-2-4-12-8/h5-6,8H,1-4H2. The van der Waals surface area contributed by atoms with Crippen LogP contribution < -0.4 is 0 Å². The van der Waals surface area contributed by atoms with Crippen molar-refractivity contribution < 1.29 is 4.74 Å². The number of imidazole rings is 1. The minimum absolute atomic E-state index is 0.152. The number of rotatable bonds is 1. The molecule has 1 unspecified atom stereocenters. The van der Waals surface area contributed by atoms with Crippen LogP contribution in [0.3, 0.4) is 0 Å². The fourth-order valence-corrected chi connectivity index (χ4v) is 1.58. The van der Waals surface area contributed by atoms with Crippen molar-refractivity contribution in [3.05, 3.63) is 17.7 Å². The largest absolute Gasteiger partial charge is 0.358 e. The number of ether oxygens (including phenoxy) is 1. The Labute approximate surface area is 76.3 Å². The summed E-state index contributed by atoms with van der Waals surface area (Å²) >= 11 is 5.69. The van der Waals surface area contributed by atoms with E-state index >= 15 is 0 Å². The summed E-state index contributed by atoms with van der Waals surface area (Å²) in [6.07, 6.45) is 7.13. The van der Waals surface area contributed by atoms with Gasteiger partial charge in [-0.3, -0.25) is 0 Å². The summed E-state index contributed by atoms with van der Waals surface area (Å²) in [7, 11) is 0. The van der Waals surface area contributed by atoms with E-state index in [9.17, 15) is 0 Å². The fourth-order valence-electron chi connectivity index (χ4n) is 1.43. The van der Waals surface area contributed by atoms with E-state index in [0.29, 0.717) is 5.15 Å². The molecule has 0 spiro atoms. The molecule has 1 aliphatic heterocycles. The Balaban J connectivity index is 2.08. The van der Waals surface area contributed by atoms with E-state index in [1.165, 1.54) is 12.8 Å². The molecule has 4 heteroatoms. The van der Waals surface area contributed by atoms with E-state index in [4.69, 9.17) is 16.3 Å². The van der Waals surface area contributed by atoms with Crippen molar-refractivity contribution in [2.24, 2.45) is 0 Å². The zero-order chi connectivity index (χ0) is 8.39. The van der Waals surface area contributed by atoms with Crippen molar-refractivity contribution in [2.45, 2.75) is 25.5 Å². The van der Waals surface area contributed by atoms with Gasteiger partial charge >= 0.3 is 0 Å². The normalized spacial score (nSPS) is 24.2. The van der Waals surface area contributed by atoms with Crippen molar-refractivity contribution in [3.8, 4) is 0 Å². The number of aromatic nitrogens is 2. The van der Waals surface area contributed by atoms with Crippen molar-refractivity contribution in [1.82, 2.24) is 9.55 Å². The molecular weight excluding hydrogens is 176 g/mol. The van der Waals surface area contributed by atoms with Crippen LogP contribution in [0.4, 0.5) is 0 Å². The summed E-state index contributed by atoms with van der Waals surface area (Å²) in [5, 5.41) is 0.532. The highest BCUT2D eigenvalue weighted by atomic mass is 35.5. The highest BCUT2D eigenvalue weighted by Gasteiger charge is 2.15. The molecule has 1 aromatic rings. The number of nitrogens with zero attached hydrogens (tertiary/aromatic N) is 2. The highest BCUT2D eigenvalue weighted by molar-refractivity contribution is 6.29. The highest BCUT2D eigenvalue weighted by Crippen LogP contribution is 2.22. The third-order valence-electron chi connectivity index (χ3n) is 2.06. The quantitative estimate of drug-likeness (QED) is 0.673. The Hall–Kier alpha value is -0.540. The average Bonchev–Trinajstić information content (AvgIpc) is 2.54. The second-order valence-corrected chi connectivity index (χ2v) is 3.35. The zero-order valence-corrected chi connectivity index (χ0v) is 7.50. The summed E-state index contributed by atoms with van der Waals surface area (Å²) in [5.74, 6) is 0. The molecule has 0 amide bonds. The molecule has 1 aromatic heterocycles. The summed E-state index contributed by atoms with van der Waals surface area (Å²) in [4.78, 5) is 3.94. The van der Waals surface area contributed by atoms with Gasteiger partial charge in [0.2, 0.25) is 0 Å². The molecule has 1 fully saturated rings. The molecule has 2 rings (SSSR count). The minimum Gasteiger partial charge on any atom is -0.358 e. The third-order valence-corrected chi connectivity index (χ3v) is 2.25. The fraction of sp³-hybridized carbons (Fsp3) is 0.625. The average molecular weight is 187 g/mol. The predicted molar refractivity (Wildman–Crippen MR) is 46.1 cm³/mol. The Morgan fingerprint density at radius 1 is 1.58 bits per heavy atom. The van der Waals surface area contributed by atoms with Gasteiger partial charge in [0.25, 0.3) is 0 Å². The van der Waals surface area contributed by atoms with Gasteiger partial charge in [0.05, 0.1) is 6.33 Å². The van der Waals surface area contributed by atoms with Crippen LogP contribution in [0.15, 0.2) is 12.5 Å². The molecule has 2 heterocycles. The van der Waals surface area contributed by atoms with E-state index in [-0.39, 0.29) is 6.23 Å². The molecule has 1 saturated heterocycles. The van der Waals surface area contributed by atoms with Crippen molar-refractivity contribution in [1.29, 1.82) is 0 Å². The van der Waals surface area contributed by atoms with E-state index in [1.807, 2.05) is 4.57 Å². The first-order valence-electron chi connectivity index (χ1n) is 4.17. The molecule has 0 saturated carbocycles. The first-order chi connectivity index (χ1) is 5.86. The van der Waals surface area contributed by atoms with E-state index < -0.39 is 0 Å². The van der Waals surface area contributed by atoms with Gasteiger partial charge in [-0.2, -0.15) is 0 Å². The maximum absolute atomic E-state index is 5.69. The van der Waals surface area contributed by atoms with Gasteiger partial charge in [-0.15, -0.1) is 0 Å². The van der Waals surface area contributed by atoms with Crippen LogP contribution >= 0.6 is 11.6 Å². The first-order valence-corrected chi connectivity index (χ1v) is 4.54. The summed E-state index contributed by atoms with van der Waals surface area (Å²) in [6, 6.07) is 0. The number of hydrogen-bond donors (Lipinski definition) is 0. The van der Waals surface area contributed by atoms with Crippen LogP contribution in [0.2, 0.25) is 5.15 Å². The first kappa shape index (κ1) is 8.08. The topological polar surface area (TPSA) is 27.1 Å². The summed E-state index contributed by atoms with van der Waals surface area (Å²) in [5.41, 5.74) is 0. The molecule has 1 atom stereocenters. The lowest BCUT2D eigenvalue weighted by molar-refractivity contribution is -0.0320. The van der Waals surface area contributed by atoms with Crippen LogP contribution in [0.25, 0.3) is 0 Å². The van der Waals surface area contributed by atoms with Gasteiger partial charge in [0.15, 0.2) is 0 Å². The van der Waals surface area contributed by atoms with Crippen LogP contribution in [0.1, 0.15) is 25.5 Å². The molecule has 12 heavy (non-hydrogen) atoms. The van der Waals surface area contributed by atoms with Crippen LogP contribution in [0, 0.1) is 0 Å². The SMILES string of the molecule is Clc1cn(C2CCCCO2)cn1. The Morgan fingerprint density at radius 2 is 2.50 bits per heavy atom. The Morgan fingerprint density at radius 3 is 3.08 bits per heavy atom. The molecule has 0 aliphatic carbocycles. The summed E-state index contributed by atoms with van der Waals surface area (Å²) < 4.78 is 7.47. The molecule has 0 radical (unpaired) electrons. The molecule has 0 bridgehead atoms. The number of hydrogen-bond acceptors (Lipinski definition) is 2. The van der Waals surface area contributed by atoms with Crippen LogP contribution in [-0.4, -0.2) is 16.2 Å². The lowest BCUT2D eigenvalue weighted by Gasteiger charge is -2.23. The molecule has 0 N–H and O–H groups in total. The van der Waals surface area contributed by atoms with Crippen molar-refractivity contribution >= 4 is 11.6 Å². The van der Waals surface area contributed by atoms with Gasteiger partial charge in [-0.05, 0) is 19.3 Å². The predicted octanol–water partition coefficient (Wildman–Crippen LogP) is 2.24. The van der Waals surface area contributed by atoms with Gasteiger partial charge in [0.1, 0.15) is 11.4 Å². The van der Waals surface area contributed by atoms with E-state index in [0.717, 1.165) is 13.0 Å². The lowest BCUT2D eigenvalue weighted by Crippen LogP contribution is -2.16. The van der Waals surface area contributed by atoms with Crippen LogP contribution in [-0.2, 0) is 4.74 Å². The summed E-state index contributed by atoms with van der Waals surface area (Å²) in [6.45, 7) is 0.848. The molecular formula is C8H11ClN2O. The zero-order valence-electron chi connectivity index (χ0n) is 6.74. The lowest BCUT2D eigenvalue weighted by atomic mass is 10.2. The smallest absolute Gasteiger partial charge is 0.147 e. The maximum atomic E-state index is 5.69. The molecule has 1 aliphatic rings. The Kier molecular flexibility index (Phi) is 2.33. The second-order valence-electron chi connectivity index (χ2n) is 2.96. The van der Waals surface area contributed by atoms with Gasteiger partial charge < -0.3 is 9.30 Å². The van der Waals surface area contributed by atoms with Crippen molar-refractivity contribution in [2.75, 3.05) is 6.61 Å². The van der Waals surface area contributed by atoms with E-state index in [2.05, 4.69) is 4.98 Å². The van der Waals surface area contributed by atoms with Crippen LogP contribution in [0.5, 0.6) is 0 Å². The van der Waals surface area contributed by atoms with E-state index in [1.54, 1.807) is 12.5 Å². The number of halogens is 1. The third kappa shape index (κ3) is 1.62. The van der Waals surface area contributed by atoms with Gasteiger partial charge in [-0.1, -0.05) is 11.6 Å². The monoisotopic (exact) mass is 186 g/mol. The maximum Gasteiger partial charge on any atom is 0.147 e. The van der Waals surface area contributed by atoms with Gasteiger partial charge in [-0.25, -0.2) is 4.98 Å². The minimum atomic E-state index is 0.152. The van der Waals surface area contributed by atoms with Gasteiger partial charge in [0, 0.05) is 12.8 Å². The Bertz CT molecular complexity index is 255. The second kappa shape index (κ2) is 3.46. The molecule has 66 valence electrons. The molecule has 0 aromatic carbocycles. The molecule has 3 nitrogen and oxygen atoms in total.